The van der Waals surface area contributed by atoms with Gasteiger partial charge in [-0.1, -0.05) is 60.2 Å². The van der Waals surface area contributed by atoms with Crippen molar-refractivity contribution >= 4 is 50.1 Å². The third kappa shape index (κ3) is 4.97. The van der Waals surface area contributed by atoms with Crippen molar-refractivity contribution in [3.63, 3.8) is 0 Å². The molecular formula is C28H23FINO6S. The first-order valence-electron chi connectivity index (χ1n) is 11.3. The van der Waals surface area contributed by atoms with E-state index in [-0.39, 0.29) is 10.5 Å². The van der Waals surface area contributed by atoms with Gasteiger partial charge in [0.25, 0.3) is 10.0 Å². The van der Waals surface area contributed by atoms with Gasteiger partial charge in [-0.25, -0.2) is 26.7 Å². The van der Waals surface area contributed by atoms with Gasteiger partial charge in [-0.05, 0) is 64.9 Å². The number of methoxy groups -OCH3 is 2. The number of sulfonamides is 1. The lowest BCUT2D eigenvalue weighted by Gasteiger charge is -2.39. The summed E-state index contributed by atoms with van der Waals surface area (Å²) in [5.41, 5.74) is 1.31. The Bertz CT molecular complexity index is 1550. The van der Waals surface area contributed by atoms with Crippen molar-refractivity contribution < 1.29 is 31.9 Å². The first-order valence-corrected chi connectivity index (χ1v) is 13.9. The predicted molar refractivity (Wildman–Crippen MR) is 148 cm³/mol. The zero-order chi connectivity index (χ0) is 27.6. The number of nitrogens with zero attached hydrogens (tertiary/aromatic N) is 1. The van der Waals surface area contributed by atoms with E-state index in [1.807, 2.05) is 29.5 Å². The molecule has 0 aliphatic carbocycles. The largest absolute Gasteiger partial charge is 0.465 e. The Labute approximate surface area is 233 Å². The van der Waals surface area contributed by atoms with Crippen molar-refractivity contribution in [2.45, 2.75) is 17.9 Å². The SMILES string of the molecule is COC(=O)C1=C(C(=O)OC)N(S(=O)(=O)c2ccc(C)cc2)C(c2ccc(F)cc2)C(I)=C1c1ccccc1. The molecule has 1 aliphatic rings. The topological polar surface area (TPSA) is 90.0 Å². The molecule has 1 unspecified atom stereocenters. The van der Waals surface area contributed by atoms with Gasteiger partial charge in [-0.2, -0.15) is 0 Å². The second kappa shape index (κ2) is 11.1. The van der Waals surface area contributed by atoms with Crippen LogP contribution in [0.5, 0.6) is 0 Å². The zero-order valence-electron chi connectivity index (χ0n) is 20.6. The van der Waals surface area contributed by atoms with Crippen LogP contribution in [0.15, 0.2) is 98.6 Å². The first kappa shape index (κ1) is 27.5. The number of halogens is 2. The molecule has 0 N–H and O–H groups in total. The molecule has 0 fully saturated rings. The molecule has 1 aliphatic heterocycles. The molecule has 4 rings (SSSR count). The summed E-state index contributed by atoms with van der Waals surface area (Å²) in [5, 5.41) is 0. The standard InChI is InChI=1S/C28H23FINO6S/c1-17-9-15-21(16-10-17)38(34,35)31-25(19-11-13-20(29)14-12-19)24(30)22(18-7-5-4-6-8-18)23(27(32)36-2)26(31)28(33)37-3/h4-16,25H,1-3H3. The van der Waals surface area contributed by atoms with Gasteiger partial charge in [0.15, 0.2) is 5.70 Å². The van der Waals surface area contributed by atoms with Gasteiger partial charge in [-0.3, -0.25) is 0 Å². The predicted octanol–water partition coefficient (Wildman–Crippen LogP) is 5.33. The summed E-state index contributed by atoms with van der Waals surface area (Å²) in [6, 6.07) is 19.0. The quantitative estimate of drug-likeness (QED) is 0.266. The van der Waals surface area contributed by atoms with Gasteiger partial charge in [0, 0.05) is 9.15 Å². The van der Waals surface area contributed by atoms with Crippen LogP contribution in [0, 0.1) is 12.7 Å². The molecule has 0 saturated carbocycles. The molecule has 1 atom stereocenters. The minimum atomic E-state index is -4.47. The molecule has 3 aromatic carbocycles. The molecule has 7 nitrogen and oxygen atoms in total. The van der Waals surface area contributed by atoms with Gasteiger partial charge >= 0.3 is 11.9 Å². The lowest BCUT2D eigenvalue weighted by molar-refractivity contribution is -0.140. The number of benzene rings is 3. The molecule has 10 heteroatoms. The van der Waals surface area contributed by atoms with Crippen LogP contribution in [0.3, 0.4) is 0 Å². The summed E-state index contributed by atoms with van der Waals surface area (Å²) < 4.78 is 53.8. The second-order valence-corrected chi connectivity index (χ2v) is 11.3. The highest BCUT2D eigenvalue weighted by atomic mass is 127. The van der Waals surface area contributed by atoms with Crippen molar-refractivity contribution in [1.82, 2.24) is 4.31 Å². The number of hydrogen-bond donors (Lipinski definition) is 0. The maximum atomic E-state index is 14.3. The minimum absolute atomic E-state index is 0.104. The van der Waals surface area contributed by atoms with Crippen LogP contribution in [0.25, 0.3) is 5.57 Å². The average molecular weight is 647 g/mol. The molecule has 38 heavy (non-hydrogen) atoms. The summed E-state index contributed by atoms with van der Waals surface area (Å²) in [4.78, 5) is 26.5. The highest BCUT2D eigenvalue weighted by Gasteiger charge is 2.47. The molecule has 0 saturated heterocycles. The summed E-state index contributed by atoms with van der Waals surface area (Å²) in [6.07, 6.45) is 0. The fourth-order valence-corrected chi connectivity index (χ4v) is 7.23. The van der Waals surface area contributed by atoms with E-state index in [1.165, 1.54) is 36.4 Å². The summed E-state index contributed by atoms with van der Waals surface area (Å²) in [6.45, 7) is 1.81. The Balaban J connectivity index is 2.16. The number of aryl methyl sites for hydroxylation is 1. The van der Waals surface area contributed by atoms with E-state index in [0.717, 1.165) is 24.1 Å². The normalized spacial score (nSPS) is 15.9. The third-order valence-electron chi connectivity index (χ3n) is 6.01. The smallest absolute Gasteiger partial charge is 0.356 e. The van der Waals surface area contributed by atoms with Crippen LogP contribution < -0.4 is 0 Å². The maximum Gasteiger partial charge on any atom is 0.356 e. The van der Waals surface area contributed by atoms with E-state index in [2.05, 4.69) is 0 Å². The Hall–Kier alpha value is -3.51. The Morgan fingerprint density at radius 2 is 1.45 bits per heavy atom. The van der Waals surface area contributed by atoms with E-state index in [1.54, 1.807) is 42.5 Å². The molecule has 0 amide bonds. The van der Waals surface area contributed by atoms with E-state index in [4.69, 9.17) is 9.47 Å². The maximum absolute atomic E-state index is 14.3. The van der Waals surface area contributed by atoms with Gasteiger partial charge < -0.3 is 9.47 Å². The first-order chi connectivity index (χ1) is 18.1. The van der Waals surface area contributed by atoms with Crippen LogP contribution in [0.1, 0.15) is 22.7 Å². The van der Waals surface area contributed by atoms with Gasteiger partial charge in [0.1, 0.15) is 17.4 Å². The Kier molecular flexibility index (Phi) is 8.02. The third-order valence-corrected chi connectivity index (χ3v) is 8.92. The minimum Gasteiger partial charge on any atom is -0.465 e. The van der Waals surface area contributed by atoms with Crippen LogP contribution in [0.4, 0.5) is 4.39 Å². The van der Waals surface area contributed by atoms with E-state index >= 15 is 0 Å². The van der Waals surface area contributed by atoms with E-state index in [9.17, 15) is 22.4 Å². The second-order valence-electron chi connectivity index (χ2n) is 8.36. The molecule has 0 bridgehead atoms. The number of hydrogen-bond acceptors (Lipinski definition) is 6. The molecule has 0 radical (unpaired) electrons. The van der Waals surface area contributed by atoms with Gasteiger partial charge in [0.05, 0.1) is 19.1 Å². The summed E-state index contributed by atoms with van der Waals surface area (Å²) >= 11 is 1.97. The molecule has 1 heterocycles. The Morgan fingerprint density at radius 3 is 2.00 bits per heavy atom. The van der Waals surface area contributed by atoms with Crippen LogP contribution in [-0.2, 0) is 29.1 Å². The number of ether oxygens (including phenoxy) is 2. The van der Waals surface area contributed by atoms with Crippen molar-refractivity contribution in [3.05, 3.63) is 116 Å². The van der Waals surface area contributed by atoms with Gasteiger partial charge in [-0.15, -0.1) is 0 Å². The molecule has 3 aromatic rings. The highest BCUT2D eigenvalue weighted by Crippen LogP contribution is 2.50. The lowest BCUT2D eigenvalue weighted by atomic mass is 9.89. The monoisotopic (exact) mass is 647 g/mol. The number of carbonyl (C=O) groups is 2. The van der Waals surface area contributed by atoms with E-state index < -0.39 is 39.5 Å². The number of esters is 2. The zero-order valence-corrected chi connectivity index (χ0v) is 23.6. The fraction of sp³-hybridized carbons (Fsp3) is 0.143. The number of rotatable bonds is 6. The van der Waals surface area contributed by atoms with Crippen molar-refractivity contribution in [1.29, 1.82) is 0 Å². The van der Waals surface area contributed by atoms with Crippen molar-refractivity contribution in [3.8, 4) is 0 Å². The van der Waals surface area contributed by atoms with E-state index in [0.29, 0.717) is 20.3 Å². The van der Waals surface area contributed by atoms with Gasteiger partial charge in [0.2, 0.25) is 0 Å². The molecular weight excluding hydrogens is 624 g/mol. The van der Waals surface area contributed by atoms with Crippen LogP contribution >= 0.6 is 22.6 Å². The number of carbonyl (C=O) groups excluding carboxylic acids is 2. The lowest BCUT2D eigenvalue weighted by Crippen LogP contribution is -2.42. The summed E-state index contributed by atoms with van der Waals surface area (Å²) in [5.74, 6) is -2.48. The van der Waals surface area contributed by atoms with Crippen LogP contribution in [0.2, 0.25) is 0 Å². The fourth-order valence-electron chi connectivity index (χ4n) is 4.20. The van der Waals surface area contributed by atoms with Crippen molar-refractivity contribution in [2.75, 3.05) is 14.2 Å². The summed E-state index contributed by atoms with van der Waals surface area (Å²) in [7, 11) is -2.23. The Morgan fingerprint density at radius 1 is 0.868 bits per heavy atom. The van der Waals surface area contributed by atoms with Crippen molar-refractivity contribution in [2.24, 2.45) is 0 Å². The molecule has 196 valence electrons. The molecule has 0 spiro atoms. The van der Waals surface area contributed by atoms with Crippen LogP contribution in [-0.4, -0.2) is 38.9 Å². The molecule has 0 aromatic heterocycles. The highest BCUT2D eigenvalue weighted by molar-refractivity contribution is 14.1. The average Bonchev–Trinajstić information content (AvgIpc) is 2.92.